The van der Waals surface area contributed by atoms with E-state index >= 15 is 0 Å². The quantitative estimate of drug-likeness (QED) is 0.624. The predicted octanol–water partition coefficient (Wildman–Crippen LogP) is 1.49. The molecule has 0 aliphatic rings. The van der Waals surface area contributed by atoms with Gasteiger partial charge in [0.2, 0.25) is 5.75 Å². The largest absolute Gasteiger partial charge is 0.493 e. The Hall–Kier alpha value is -2.48. The fourth-order valence-corrected chi connectivity index (χ4v) is 2.58. The van der Waals surface area contributed by atoms with Crippen LogP contribution in [0.4, 0.5) is 0 Å². The van der Waals surface area contributed by atoms with E-state index < -0.39 is 12.0 Å². The van der Waals surface area contributed by atoms with Gasteiger partial charge in [0.1, 0.15) is 0 Å². The molecule has 1 amide bonds. The number of aliphatic hydroxyl groups excluding tert-OH is 1. The van der Waals surface area contributed by atoms with Crippen LogP contribution in [-0.4, -0.2) is 69.5 Å². The van der Waals surface area contributed by atoms with E-state index in [9.17, 15) is 14.7 Å². The average molecular weight is 369 g/mol. The summed E-state index contributed by atoms with van der Waals surface area (Å²) in [5.41, 5.74) is 0.302. The lowest BCUT2D eigenvalue weighted by Gasteiger charge is -2.30. The molecule has 0 radical (unpaired) electrons. The van der Waals surface area contributed by atoms with E-state index in [1.54, 1.807) is 12.1 Å². The number of carbonyl (C=O) groups is 2. The molecule has 1 aromatic carbocycles. The Balaban J connectivity index is 3.26. The van der Waals surface area contributed by atoms with E-state index in [1.165, 1.54) is 33.3 Å². The second-order valence-electron chi connectivity index (χ2n) is 5.48. The number of carbonyl (C=O) groups excluding carboxylic acids is 2. The number of methoxy groups -OCH3 is 4. The maximum absolute atomic E-state index is 13.1. The molecule has 0 aromatic heterocycles. The first-order valence-electron chi connectivity index (χ1n) is 8.25. The highest BCUT2D eigenvalue weighted by atomic mass is 16.5. The van der Waals surface area contributed by atoms with Crippen LogP contribution in [0.15, 0.2) is 12.1 Å². The topological polar surface area (TPSA) is 94.5 Å². The Morgan fingerprint density at radius 1 is 1.08 bits per heavy atom. The summed E-state index contributed by atoms with van der Waals surface area (Å²) in [7, 11) is 5.69. The first-order chi connectivity index (χ1) is 12.5. The number of benzene rings is 1. The Kier molecular flexibility index (Phi) is 8.71. The number of esters is 1. The number of rotatable bonds is 10. The summed E-state index contributed by atoms with van der Waals surface area (Å²) < 4.78 is 20.5. The highest BCUT2D eigenvalue weighted by molar-refractivity contribution is 5.96. The average Bonchev–Trinajstić information content (AvgIpc) is 2.68. The molecule has 1 rings (SSSR count). The summed E-state index contributed by atoms with van der Waals surface area (Å²) in [6.07, 6.45) is 0.566. The molecule has 1 atom stereocenters. The Labute approximate surface area is 153 Å². The molecule has 26 heavy (non-hydrogen) atoms. The van der Waals surface area contributed by atoms with Gasteiger partial charge in [0.05, 0.1) is 47.5 Å². The molecule has 0 aliphatic carbocycles. The third-order valence-electron chi connectivity index (χ3n) is 4.08. The molecule has 0 aliphatic heterocycles. The van der Waals surface area contributed by atoms with Gasteiger partial charge in [-0.1, -0.05) is 6.92 Å². The van der Waals surface area contributed by atoms with Gasteiger partial charge in [0.25, 0.3) is 5.91 Å². The van der Waals surface area contributed by atoms with E-state index in [0.29, 0.717) is 29.2 Å². The molecular formula is C18H27NO7. The molecule has 0 fully saturated rings. The van der Waals surface area contributed by atoms with Crippen LogP contribution in [0.25, 0.3) is 0 Å². The molecule has 0 saturated heterocycles. The minimum Gasteiger partial charge on any atom is -0.493 e. The number of ether oxygens (including phenoxy) is 4. The van der Waals surface area contributed by atoms with Crippen molar-refractivity contribution in [2.75, 3.05) is 41.6 Å². The van der Waals surface area contributed by atoms with Crippen molar-refractivity contribution in [3.05, 3.63) is 17.7 Å². The van der Waals surface area contributed by atoms with Crippen LogP contribution in [0, 0.1) is 0 Å². The van der Waals surface area contributed by atoms with Crippen molar-refractivity contribution < 1.29 is 33.6 Å². The van der Waals surface area contributed by atoms with Crippen molar-refractivity contribution in [1.82, 2.24) is 4.90 Å². The molecule has 1 aromatic rings. The molecule has 0 heterocycles. The number of amides is 1. The number of hydrogen-bond donors (Lipinski definition) is 1. The highest BCUT2D eigenvalue weighted by Gasteiger charge is 2.26. The summed E-state index contributed by atoms with van der Waals surface area (Å²) in [5.74, 6) is 0.289. The first kappa shape index (κ1) is 21.6. The lowest BCUT2D eigenvalue weighted by atomic mass is 10.1. The maximum Gasteiger partial charge on any atom is 0.307 e. The number of nitrogens with zero attached hydrogens (tertiary/aromatic N) is 1. The Morgan fingerprint density at radius 3 is 2.04 bits per heavy atom. The zero-order valence-corrected chi connectivity index (χ0v) is 15.9. The van der Waals surface area contributed by atoms with Gasteiger partial charge < -0.3 is 29.0 Å². The minimum atomic E-state index is -0.430. The van der Waals surface area contributed by atoms with Crippen molar-refractivity contribution in [2.24, 2.45) is 0 Å². The van der Waals surface area contributed by atoms with Crippen molar-refractivity contribution in [3.8, 4) is 17.2 Å². The van der Waals surface area contributed by atoms with Crippen LogP contribution in [0.2, 0.25) is 0 Å². The van der Waals surface area contributed by atoms with Gasteiger partial charge in [-0.25, -0.2) is 0 Å². The van der Waals surface area contributed by atoms with Crippen LogP contribution >= 0.6 is 0 Å². The zero-order chi connectivity index (χ0) is 19.7. The number of aliphatic hydroxyl groups is 1. The predicted molar refractivity (Wildman–Crippen MR) is 94.9 cm³/mol. The van der Waals surface area contributed by atoms with Gasteiger partial charge in [-0.2, -0.15) is 0 Å². The van der Waals surface area contributed by atoms with E-state index in [0.717, 1.165) is 0 Å². The molecule has 8 heteroatoms. The van der Waals surface area contributed by atoms with Crippen molar-refractivity contribution >= 4 is 11.9 Å². The highest BCUT2D eigenvalue weighted by Crippen LogP contribution is 2.38. The summed E-state index contributed by atoms with van der Waals surface area (Å²) in [6, 6.07) is 2.66. The lowest BCUT2D eigenvalue weighted by Crippen LogP contribution is -2.43. The minimum absolute atomic E-state index is 0.0309. The summed E-state index contributed by atoms with van der Waals surface area (Å²) in [6.45, 7) is 1.77. The molecule has 1 unspecified atom stereocenters. The zero-order valence-electron chi connectivity index (χ0n) is 15.9. The Bertz CT molecular complexity index is 589. The van der Waals surface area contributed by atoms with Crippen LogP contribution in [-0.2, 0) is 9.53 Å². The molecular weight excluding hydrogens is 342 g/mol. The third kappa shape index (κ3) is 5.01. The van der Waals surface area contributed by atoms with Gasteiger partial charge in [0, 0.05) is 12.1 Å². The molecule has 146 valence electrons. The van der Waals surface area contributed by atoms with E-state index in [-0.39, 0.29) is 25.5 Å². The standard InChI is InChI=1S/C18H27NO7/c1-6-13(11-20)19(8-7-16(21)25-4)18(22)12-9-14(23-2)17(26-5)15(10-12)24-3/h9-10,13,20H,6-8,11H2,1-5H3. The summed E-state index contributed by atoms with van der Waals surface area (Å²) in [4.78, 5) is 26.0. The van der Waals surface area contributed by atoms with Gasteiger partial charge >= 0.3 is 5.97 Å². The van der Waals surface area contributed by atoms with Crippen LogP contribution in [0.5, 0.6) is 17.2 Å². The summed E-state index contributed by atoms with van der Waals surface area (Å²) in [5, 5.41) is 9.62. The normalized spacial score (nSPS) is 11.5. The van der Waals surface area contributed by atoms with E-state index in [4.69, 9.17) is 14.2 Å². The van der Waals surface area contributed by atoms with Crippen LogP contribution in [0.3, 0.4) is 0 Å². The third-order valence-corrected chi connectivity index (χ3v) is 4.08. The number of hydrogen-bond acceptors (Lipinski definition) is 7. The van der Waals surface area contributed by atoms with Crippen molar-refractivity contribution in [1.29, 1.82) is 0 Å². The van der Waals surface area contributed by atoms with E-state index in [2.05, 4.69) is 4.74 Å². The van der Waals surface area contributed by atoms with E-state index in [1.807, 2.05) is 6.92 Å². The molecule has 0 bridgehead atoms. The Morgan fingerprint density at radius 2 is 1.65 bits per heavy atom. The fourth-order valence-electron chi connectivity index (χ4n) is 2.58. The van der Waals surface area contributed by atoms with Gasteiger partial charge in [0.15, 0.2) is 11.5 Å². The maximum atomic E-state index is 13.1. The smallest absolute Gasteiger partial charge is 0.307 e. The first-order valence-corrected chi connectivity index (χ1v) is 8.25. The second-order valence-corrected chi connectivity index (χ2v) is 5.48. The van der Waals surface area contributed by atoms with Gasteiger partial charge in [-0.05, 0) is 18.6 Å². The molecule has 1 N–H and O–H groups in total. The van der Waals surface area contributed by atoms with Crippen molar-refractivity contribution in [3.63, 3.8) is 0 Å². The van der Waals surface area contributed by atoms with Crippen molar-refractivity contribution in [2.45, 2.75) is 25.8 Å². The molecule has 0 saturated carbocycles. The fraction of sp³-hybridized carbons (Fsp3) is 0.556. The SMILES string of the molecule is CCC(CO)N(CCC(=O)OC)C(=O)c1cc(OC)c(OC)c(OC)c1. The van der Waals surface area contributed by atoms with Crippen LogP contribution in [0.1, 0.15) is 30.1 Å². The molecule has 0 spiro atoms. The lowest BCUT2D eigenvalue weighted by molar-refractivity contribution is -0.140. The monoisotopic (exact) mass is 369 g/mol. The second kappa shape index (κ2) is 10.5. The van der Waals surface area contributed by atoms with Gasteiger partial charge in [-0.3, -0.25) is 9.59 Å². The van der Waals surface area contributed by atoms with Gasteiger partial charge in [-0.15, -0.1) is 0 Å². The molecule has 8 nitrogen and oxygen atoms in total. The summed E-state index contributed by atoms with van der Waals surface area (Å²) >= 11 is 0. The van der Waals surface area contributed by atoms with Crippen LogP contribution < -0.4 is 14.2 Å².